The predicted octanol–water partition coefficient (Wildman–Crippen LogP) is 2.96. The minimum atomic E-state index is 0.0113. The van der Waals surface area contributed by atoms with Gasteiger partial charge in [0.2, 0.25) is 11.8 Å². The zero-order chi connectivity index (χ0) is 19.1. The molecule has 1 aromatic rings. The van der Waals surface area contributed by atoms with Crippen LogP contribution in [0, 0.1) is 5.92 Å². The van der Waals surface area contributed by atoms with Crippen molar-refractivity contribution in [1.82, 2.24) is 4.90 Å². The number of carbonyl (C=O) groups excluding carboxylic acids is 2. The molecule has 1 saturated heterocycles. The lowest BCUT2D eigenvalue weighted by atomic mass is 10.1. The summed E-state index contributed by atoms with van der Waals surface area (Å²) in [5.41, 5.74) is 7.39. The fourth-order valence-corrected chi connectivity index (χ4v) is 4.01. The highest BCUT2D eigenvalue weighted by Gasteiger charge is 2.27. The Morgan fingerprint density at radius 2 is 1.52 bits per heavy atom. The Morgan fingerprint density at radius 1 is 0.926 bits per heavy atom. The second-order valence-corrected chi connectivity index (χ2v) is 7.93. The smallest absolute Gasteiger partial charge is 0.238 e. The molecule has 6 heteroatoms. The first-order valence-electron chi connectivity index (χ1n) is 10.3. The molecule has 1 aliphatic heterocycles. The number of hydrogen-bond acceptors (Lipinski definition) is 4. The summed E-state index contributed by atoms with van der Waals surface area (Å²) >= 11 is 0. The van der Waals surface area contributed by atoms with Gasteiger partial charge in [-0.2, -0.15) is 0 Å². The van der Waals surface area contributed by atoms with Crippen molar-refractivity contribution >= 4 is 23.2 Å². The third-order valence-corrected chi connectivity index (χ3v) is 5.60. The molecule has 0 aromatic heterocycles. The van der Waals surface area contributed by atoms with Crippen molar-refractivity contribution in [2.75, 3.05) is 30.3 Å². The average molecular weight is 373 g/mol. The third-order valence-electron chi connectivity index (χ3n) is 5.60. The van der Waals surface area contributed by atoms with Crippen LogP contribution < -0.4 is 16.4 Å². The number of nitrogens with one attached hydrogen (secondary N) is 2. The van der Waals surface area contributed by atoms with Crippen LogP contribution in [0.2, 0.25) is 0 Å². The zero-order valence-electron chi connectivity index (χ0n) is 16.1. The molecule has 1 heterocycles. The van der Waals surface area contributed by atoms with Crippen molar-refractivity contribution in [2.24, 2.45) is 11.7 Å². The zero-order valence-corrected chi connectivity index (χ0v) is 16.1. The maximum Gasteiger partial charge on any atom is 0.238 e. The highest BCUT2D eigenvalue weighted by atomic mass is 16.2. The van der Waals surface area contributed by atoms with Crippen LogP contribution in [0.5, 0.6) is 0 Å². The van der Waals surface area contributed by atoms with Gasteiger partial charge in [0.05, 0.1) is 6.54 Å². The van der Waals surface area contributed by atoms with E-state index in [1.165, 1.54) is 32.1 Å². The fraction of sp³-hybridized carbons (Fsp3) is 0.619. The largest absolute Gasteiger partial charge is 0.328 e. The Hall–Kier alpha value is -1.92. The third kappa shape index (κ3) is 6.33. The molecule has 2 amide bonds. The fourth-order valence-electron chi connectivity index (χ4n) is 4.01. The maximum atomic E-state index is 12.3. The summed E-state index contributed by atoms with van der Waals surface area (Å²) in [6.45, 7) is 2.45. The highest BCUT2D eigenvalue weighted by Crippen LogP contribution is 2.25. The average Bonchev–Trinajstić information content (AvgIpc) is 3.05. The number of hydrogen-bond donors (Lipinski definition) is 3. The normalized spacial score (nSPS) is 24.0. The number of likely N-dealkylation sites (tertiary alicyclic amines) is 1. The quantitative estimate of drug-likeness (QED) is 0.741. The summed E-state index contributed by atoms with van der Waals surface area (Å²) in [5, 5.41) is 5.90. The van der Waals surface area contributed by atoms with Crippen LogP contribution in [0.15, 0.2) is 24.3 Å². The summed E-state index contributed by atoms with van der Waals surface area (Å²) in [6, 6.07) is 7.48. The standard InChI is InChI=1S/C21H32N4O2/c22-17-7-6-16(14-17)21(27)24-19-10-8-18(9-11-19)23-20(26)15-25-12-4-2-1-3-5-13-25/h8-11,16-17H,1-7,12-15,22H2,(H,23,26)(H,24,27). The van der Waals surface area contributed by atoms with Crippen molar-refractivity contribution in [1.29, 1.82) is 0 Å². The second-order valence-electron chi connectivity index (χ2n) is 7.93. The molecule has 1 aromatic carbocycles. The molecule has 2 atom stereocenters. The van der Waals surface area contributed by atoms with Gasteiger partial charge in [0, 0.05) is 23.3 Å². The van der Waals surface area contributed by atoms with E-state index >= 15 is 0 Å². The van der Waals surface area contributed by atoms with E-state index < -0.39 is 0 Å². The van der Waals surface area contributed by atoms with Crippen molar-refractivity contribution in [3.63, 3.8) is 0 Å². The van der Waals surface area contributed by atoms with Crippen LogP contribution in [0.1, 0.15) is 51.4 Å². The number of benzene rings is 1. The van der Waals surface area contributed by atoms with Crippen molar-refractivity contribution in [3.8, 4) is 0 Å². The molecule has 2 fully saturated rings. The molecule has 2 aliphatic rings. The maximum absolute atomic E-state index is 12.3. The Kier molecular flexibility index (Phi) is 7.24. The van der Waals surface area contributed by atoms with Gasteiger partial charge in [-0.1, -0.05) is 19.3 Å². The van der Waals surface area contributed by atoms with Crippen molar-refractivity contribution in [2.45, 2.75) is 57.4 Å². The van der Waals surface area contributed by atoms with Gasteiger partial charge in [0.1, 0.15) is 0 Å². The van der Waals surface area contributed by atoms with Gasteiger partial charge < -0.3 is 16.4 Å². The Bertz CT molecular complexity index is 624. The topological polar surface area (TPSA) is 87.5 Å². The molecule has 27 heavy (non-hydrogen) atoms. The monoisotopic (exact) mass is 372 g/mol. The van der Waals surface area contributed by atoms with E-state index in [4.69, 9.17) is 5.73 Å². The minimum Gasteiger partial charge on any atom is -0.328 e. The number of anilines is 2. The van der Waals surface area contributed by atoms with Crippen LogP contribution in [0.3, 0.4) is 0 Å². The van der Waals surface area contributed by atoms with E-state index in [9.17, 15) is 9.59 Å². The van der Waals surface area contributed by atoms with E-state index in [2.05, 4.69) is 15.5 Å². The summed E-state index contributed by atoms with van der Waals surface area (Å²) in [5.74, 6) is 0.0707. The molecule has 2 unspecified atom stereocenters. The number of nitrogens with zero attached hydrogens (tertiary/aromatic N) is 1. The number of nitrogens with two attached hydrogens (primary N) is 1. The Morgan fingerprint density at radius 3 is 2.11 bits per heavy atom. The molecule has 0 radical (unpaired) electrons. The van der Waals surface area contributed by atoms with E-state index in [1.807, 2.05) is 24.3 Å². The SMILES string of the molecule is NC1CCC(C(=O)Nc2ccc(NC(=O)CN3CCCCCCC3)cc2)C1. The van der Waals surface area contributed by atoms with Crippen molar-refractivity contribution in [3.05, 3.63) is 24.3 Å². The number of carbonyl (C=O) groups is 2. The van der Waals surface area contributed by atoms with Crippen molar-refractivity contribution < 1.29 is 9.59 Å². The van der Waals surface area contributed by atoms with Gasteiger partial charge in [-0.3, -0.25) is 14.5 Å². The van der Waals surface area contributed by atoms with Crippen LogP contribution in [-0.4, -0.2) is 42.4 Å². The first-order chi connectivity index (χ1) is 13.1. The summed E-state index contributed by atoms with van der Waals surface area (Å²) < 4.78 is 0. The van der Waals surface area contributed by atoms with Crippen LogP contribution in [-0.2, 0) is 9.59 Å². The first-order valence-corrected chi connectivity index (χ1v) is 10.3. The second kappa shape index (κ2) is 9.85. The molecular weight excluding hydrogens is 340 g/mol. The Labute approximate surface area is 161 Å². The summed E-state index contributed by atoms with van der Waals surface area (Å²) in [6.07, 6.45) is 8.72. The molecule has 3 rings (SSSR count). The van der Waals surface area contributed by atoms with Crippen LogP contribution >= 0.6 is 0 Å². The molecule has 148 valence electrons. The van der Waals surface area contributed by atoms with E-state index in [0.717, 1.165) is 43.7 Å². The first kappa shape index (κ1) is 19.8. The molecular formula is C21H32N4O2. The van der Waals surface area contributed by atoms with Gasteiger partial charge >= 0.3 is 0 Å². The van der Waals surface area contributed by atoms with Gasteiger partial charge in [0.25, 0.3) is 0 Å². The number of rotatable bonds is 5. The lowest BCUT2D eigenvalue weighted by Crippen LogP contribution is -2.35. The van der Waals surface area contributed by atoms with Gasteiger partial charge in [-0.05, 0) is 69.5 Å². The molecule has 4 N–H and O–H groups in total. The predicted molar refractivity (Wildman–Crippen MR) is 109 cm³/mol. The molecule has 0 spiro atoms. The summed E-state index contributed by atoms with van der Waals surface area (Å²) in [4.78, 5) is 26.8. The van der Waals surface area contributed by atoms with Gasteiger partial charge in [-0.15, -0.1) is 0 Å². The molecule has 6 nitrogen and oxygen atoms in total. The van der Waals surface area contributed by atoms with Crippen LogP contribution in [0.25, 0.3) is 0 Å². The molecule has 1 saturated carbocycles. The summed E-state index contributed by atoms with van der Waals surface area (Å²) in [7, 11) is 0. The van der Waals surface area contributed by atoms with Gasteiger partial charge in [0.15, 0.2) is 0 Å². The highest BCUT2D eigenvalue weighted by molar-refractivity contribution is 5.94. The number of amides is 2. The van der Waals surface area contributed by atoms with E-state index in [-0.39, 0.29) is 23.8 Å². The molecule has 1 aliphatic carbocycles. The minimum absolute atomic E-state index is 0.0113. The van der Waals surface area contributed by atoms with Crippen LogP contribution in [0.4, 0.5) is 11.4 Å². The lowest BCUT2D eigenvalue weighted by molar-refractivity contribution is -0.120. The molecule has 0 bridgehead atoms. The van der Waals surface area contributed by atoms with E-state index in [1.54, 1.807) is 0 Å². The Balaban J connectivity index is 1.45. The van der Waals surface area contributed by atoms with E-state index in [0.29, 0.717) is 6.54 Å². The lowest BCUT2D eigenvalue weighted by Gasteiger charge is -2.23. The van der Waals surface area contributed by atoms with Gasteiger partial charge in [-0.25, -0.2) is 0 Å².